The Morgan fingerprint density at radius 3 is 2.44 bits per heavy atom. The maximum atomic E-state index is 12.2. The molecule has 1 amide bonds. The number of hydrogen-bond acceptors (Lipinski definition) is 4. The molecule has 4 atom stereocenters. The Hall–Kier alpha value is -3.18. The summed E-state index contributed by atoms with van der Waals surface area (Å²) in [5, 5.41) is 9.83. The van der Waals surface area contributed by atoms with Crippen LogP contribution in [0.25, 0.3) is 5.57 Å². The Bertz CT molecular complexity index is 1470. The van der Waals surface area contributed by atoms with Crippen molar-refractivity contribution >= 4 is 27.9 Å². The third-order valence-corrected chi connectivity index (χ3v) is 10.7. The van der Waals surface area contributed by atoms with Crippen LogP contribution < -0.4 is 10.6 Å². The highest BCUT2D eigenvalue weighted by atomic mass is 32.1. The number of carbonyl (C=O) groups is 1. The lowest BCUT2D eigenvalue weighted by Crippen LogP contribution is -2.58. The van der Waals surface area contributed by atoms with Crippen molar-refractivity contribution in [2.45, 2.75) is 79.1 Å². The lowest BCUT2D eigenvalue weighted by molar-refractivity contribution is -0.117. The monoisotopic (exact) mass is 567 g/mol. The number of amides is 1. The van der Waals surface area contributed by atoms with Gasteiger partial charge in [0.15, 0.2) is 5.13 Å². The Labute approximate surface area is 250 Å². The summed E-state index contributed by atoms with van der Waals surface area (Å²) >= 11 is 1.67. The predicted molar refractivity (Wildman–Crippen MR) is 174 cm³/mol. The van der Waals surface area contributed by atoms with E-state index in [9.17, 15) is 4.79 Å². The molecule has 1 saturated carbocycles. The quantitative estimate of drug-likeness (QED) is 0.180. The molecule has 0 bridgehead atoms. The van der Waals surface area contributed by atoms with Gasteiger partial charge >= 0.3 is 0 Å². The number of hydrogen-bond donors (Lipinski definition) is 2. The van der Waals surface area contributed by atoms with Crippen LogP contribution in [0.4, 0.5) is 5.13 Å². The molecule has 0 spiro atoms. The summed E-state index contributed by atoms with van der Waals surface area (Å²) in [5.41, 5.74) is 9.00. The minimum atomic E-state index is -0.0110. The van der Waals surface area contributed by atoms with Crippen LogP contribution in [0.3, 0.4) is 0 Å². The number of nitrogens with zero attached hydrogens (tertiary/aromatic N) is 1. The lowest BCUT2D eigenvalue weighted by Gasteiger charge is -2.64. The van der Waals surface area contributed by atoms with Gasteiger partial charge in [-0.05, 0) is 84.6 Å². The van der Waals surface area contributed by atoms with E-state index >= 15 is 0 Å². The first kappa shape index (κ1) is 29.3. The molecule has 4 nitrogen and oxygen atoms in total. The van der Waals surface area contributed by atoms with E-state index in [1.54, 1.807) is 16.9 Å². The van der Waals surface area contributed by atoms with Crippen LogP contribution in [-0.2, 0) is 4.79 Å². The van der Waals surface area contributed by atoms with Crippen LogP contribution in [0.2, 0.25) is 0 Å². The van der Waals surface area contributed by atoms with Crippen molar-refractivity contribution in [3.05, 3.63) is 99.6 Å². The number of aromatic nitrogens is 1. The summed E-state index contributed by atoms with van der Waals surface area (Å²) < 4.78 is 0. The van der Waals surface area contributed by atoms with Crippen LogP contribution in [0.5, 0.6) is 0 Å². The molecule has 3 aromatic rings. The van der Waals surface area contributed by atoms with E-state index in [0.717, 1.165) is 29.4 Å². The first-order valence-corrected chi connectivity index (χ1v) is 16.1. The molecule has 2 N–H and O–H groups in total. The second-order valence-corrected chi connectivity index (χ2v) is 13.2. The maximum Gasteiger partial charge on any atom is 0.246 e. The maximum absolute atomic E-state index is 12.2. The molecule has 0 saturated heterocycles. The molecule has 0 radical (unpaired) electrons. The van der Waals surface area contributed by atoms with Crippen LogP contribution in [0.15, 0.2) is 71.6 Å². The molecule has 4 unspecified atom stereocenters. The van der Waals surface area contributed by atoms with Crippen molar-refractivity contribution < 1.29 is 4.79 Å². The Morgan fingerprint density at radius 2 is 1.73 bits per heavy atom. The van der Waals surface area contributed by atoms with Crippen molar-refractivity contribution in [2.75, 3.05) is 18.4 Å². The molecular formula is C36H45N3OS. The van der Waals surface area contributed by atoms with Crippen molar-refractivity contribution in [1.29, 1.82) is 0 Å². The highest BCUT2D eigenvalue weighted by Crippen LogP contribution is 2.77. The number of anilines is 1. The smallest absolute Gasteiger partial charge is 0.246 e. The zero-order chi connectivity index (χ0) is 29.2. The zero-order valence-corrected chi connectivity index (χ0v) is 26.3. The molecule has 1 heterocycles. The van der Waals surface area contributed by atoms with Gasteiger partial charge in [-0.15, -0.1) is 11.3 Å². The number of aryl methyl sites for hydroxylation is 1. The fraction of sp³-hybridized carbons (Fsp3) is 0.444. The second kappa shape index (κ2) is 12.0. The third kappa shape index (κ3) is 5.18. The molecule has 2 aromatic carbocycles. The molecular weight excluding hydrogens is 522 g/mol. The normalized spacial score (nSPS) is 25.3. The Balaban J connectivity index is 1.38. The van der Waals surface area contributed by atoms with Crippen molar-refractivity contribution in [3.63, 3.8) is 0 Å². The first-order valence-electron chi connectivity index (χ1n) is 15.2. The van der Waals surface area contributed by atoms with Gasteiger partial charge in [0.1, 0.15) is 0 Å². The van der Waals surface area contributed by atoms with Gasteiger partial charge in [0.2, 0.25) is 5.91 Å². The number of nitrogens with one attached hydrogen (secondary N) is 2. The van der Waals surface area contributed by atoms with Crippen molar-refractivity contribution in [3.8, 4) is 0 Å². The molecule has 2 aliphatic carbocycles. The fourth-order valence-corrected chi connectivity index (χ4v) is 8.36. The summed E-state index contributed by atoms with van der Waals surface area (Å²) in [6.07, 6.45) is 8.40. The number of thiazole rings is 1. The first-order chi connectivity index (χ1) is 19.8. The van der Waals surface area contributed by atoms with Crippen molar-refractivity contribution in [2.24, 2.45) is 10.8 Å². The van der Waals surface area contributed by atoms with Gasteiger partial charge in [0, 0.05) is 30.0 Å². The molecule has 2 aliphatic rings. The lowest BCUT2D eigenvalue weighted by atomic mass is 9.40. The van der Waals surface area contributed by atoms with Gasteiger partial charge in [0.25, 0.3) is 0 Å². The number of rotatable bonds is 11. The molecule has 5 heteroatoms. The van der Waals surface area contributed by atoms with Crippen LogP contribution in [0, 0.1) is 17.8 Å². The molecule has 5 rings (SSSR count). The summed E-state index contributed by atoms with van der Waals surface area (Å²) in [6, 6.07) is 18.2. The van der Waals surface area contributed by atoms with Gasteiger partial charge in [-0.25, -0.2) is 4.98 Å². The summed E-state index contributed by atoms with van der Waals surface area (Å²) in [4.78, 5) is 17.2. The SMILES string of the molecule is CCCNC(=O)/C(C)=C/C=C(\C)c1csc(NCC2(CCC)CC3c4ccccc4C(c4ccccc4C)C32C)n1. The van der Waals surface area contributed by atoms with Gasteiger partial charge in [-0.2, -0.15) is 0 Å². The average molecular weight is 568 g/mol. The number of fused-ring (bicyclic) bond motifs is 3. The van der Waals surface area contributed by atoms with E-state index in [2.05, 4.69) is 99.2 Å². The minimum Gasteiger partial charge on any atom is -0.361 e. The Morgan fingerprint density at radius 1 is 1.02 bits per heavy atom. The van der Waals surface area contributed by atoms with Crippen LogP contribution in [0.1, 0.15) is 100 Å². The highest BCUT2D eigenvalue weighted by molar-refractivity contribution is 7.13. The van der Waals surface area contributed by atoms with E-state index < -0.39 is 0 Å². The van der Waals surface area contributed by atoms with Gasteiger partial charge in [-0.3, -0.25) is 4.79 Å². The predicted octanol–water partition coefficient (Wildman–Crippen LogP) is 8.87. The zero-order valence-electron chi connectivity index (χ0n) is 25.5. The van der Waals surface area contributed by atoms with E-state index in [1.807, 2.05) is 19.1 Å². The molecule has 41 heavy (non-hydrogen) atoms. The Kier molecular flexibility index (Phi) is 8.56. The summed E-state index contributed by atoms with van der Waals surface area (Å²) in [7, 11) is 0. The van der Waals surface area contributed by atoms with Gasteiger partial charge < -0.3 is 10.6 Å². The molecule has 216 valence electrons. The largest absolute Gasteiger partial charge is 0.361 e. The van der Waals surface area contributed by atoms with Crippen molar-refractivity contribution in [1.82, 2.24) is 10.3 Å². The van der Waals surface area contributed by atoms with E-state index in [0.29, 0.717) is 24.0 Å². The summed E-state index contributed by atoms with van der Waals surface area (Å²) in [5.74, 6) is 0.968. The third-order valence-electron chi connectivity index (χ3n) is 9.93. The van der Waals surface area contributed by atoms with E-state index in [1.165, 1.54) is 36.0 Å². The van der Waals surface area contributed by atoms with Crippen LogP contribution >= 0.6 is 11.3 Å². The molecule has 0 aliphatic heterocycles. The minimum absolute atomic E-state index is 0.0110. The second-order valence-electron chi connectivity index (χ2n) is 12.3. The van der Waals surface area contributed by atoms with Gasteiger partial charge in [-0.1, -0.05) is 87.9 Å². The van der Waals surface area contributed by atoms with E-state index in [-0.39, 0.29) is 16.7 Å². The number of benzene rings is 2. The fourth-order valence-electron chi connectivity index (χ4n) is 7.59. The topological polar surface area (TPSA) is 54.0 Å². The van der Waals surface area contributed by atoms with Gasteiger partial charge in [0.05, 0.1) is 5.69 Å². The molecule has 1 fully saturated rings. The summed E-state index contributed by atoms with van der Waals surface area (Å²) in [6.45, 7) is 14.8. The van der Waals surface area contributed by atoms with Crippen LogP contribution in [-0.4, -0.2) is 24.0 Å². The number of allylic oxidation sites excluding steroid dienone is 3. The standard InChI is InChI=1S/C36H45N3OS/c1-7-19-36(23-38-34-39-31(22-41-34)25(4)17-18-26(5)33(40)37-20-8-2)21-30-28-15-11-12-16-29(28)32(35(30,36)6)27-14-10-9-13-24(27)3/h9-18,22,30,32H,7-8,19-21,23H2,1-6H3,(H,37,40)(H,38,39)/b25-17+,26-18+. The number of carbonyl (C=O) groups excluding carboxylic acids is 1. The average Bonchev–Trinajstić information content (AvgIpc) is 3.53. The van der Waals surface area contributed by atoms with E-state index in [4.69, 9.17) is 4.98 Å². The highest BCUT2D eigenvalue weighted by Gasteiger charge is 2.69. The molecule has 1 aromatic heterocycles.